The lowest BCUT2D eigenvalue weighted by atomic mass is 10.1. The molecule has 2 nitrogen and oxygen atoms in total. The number of hydrogen-bond donors (Lipinski definition) is 1. The summed E-state index contributed by atoms with van der Waals surface area (Å²) in [4.78, 5) is 4.74. The van der Waals surface area contributed by atoms with Crippen LogP contribution < -0.4 is 5.32 Å². The molecular weight excluding hydrogens is 268 g/mol. The van der Waals surface area contributed by atoms with Crippen LogP contribution >= 0.6 is 0 Å². The van der Waals surface area contributed by atoms with Gasteiger partial charge >= 0.3 is 0 Å². The molecule has 0 amide bonds. The number of nitrogens with one attached hydrogen (secondary N) is 1. The number of benzene rings is 2. The molecule has 0 fully saturated rings. The highest BCUT2D eigenvalue weighted by Crippen LogP contribution is 2.10. The molecule has 0 atom stereocenters. The maximum atomic E-state index is 4.74. The van der Waals surface area contributed by atoms with Crippen molar-refractivity contribution in [1.29, 1.82) is 0 Å². The minimum atomic E-state index is 0.840. The summed E-state index contributed by atoms with van der Waals surface area (Å²) in [5, 5.41) is 3.38. The normalized spacial score (nSPS) is 11.2. The Morgan fingerprint density at radius 1 is 0.909 bits per heavy atom. The quantitative estimate of drug-likeness (QED) is 0.439. The smallest absolute Gasteiger partial charge is 0.132 e. The largest absolute Gasteiger partial charge is 0.340 e. The van der Waals surface area contributed by atoms with Crippen LogP contribution in [0.5, 0.6) is 0 Å². The zero-order valence-electron chi connectivity index (χ0n) is 13.3. The maximum Gasteiger partial charge on any atom is 0.132 e. The standard InChI is InChI=1S/C20H24N2/c1-3-4-11-16-21-20(19-14-9-6-10-15-19)22-17(2)18-12-7-5-8-13-18/h5-10,12-15H,2-4,11,16H2,1H3,(H,21,22). The highest BCUT2D eigenvalue weighted by Gasteiger charge is 2.05. The van der Waals surface area contributed by atoms with Crippen LogP contribution in [0.1, 0.15) is 37.3 Å². The van der Waals surface area contributed by atoms with Crippen LogP contribution in [0, 0.1) is 0 Å². The fourth-order valence-corrected chi connectivity index (χ4v) is 2.21. The van der Waals surface area contributed by atoms with Gasteiger partial charge in [-0.3, -0.25) is 4.99 Å². The van der Waals surface area contributed by atoms with Crippen molar-refractivity contribution in [2.24, 2.45) is 4.99 Å². The third-order valence-electron chi connectivity index (χ3n) is 3.47. The molecule has 0 spiro atoms. The second-order valence-electron chi connectivity index (χ2n) is 5.27. The first kappa shape index (κ1) is 16.0. The molecule has 0 radical (unpaired) electrons. The van der Waals surface area contributed by atoms with Gasteiger partial charge in [0.05, 0.1) is 0 Å². The van der Waals surface area contributed by atoms with Crippen LogP contribution in [0.3, 0.4) is 0 Å². The van der Waals surface area contributed by atoms with Gasteiger partial charge in [-0.25, -0.2) is 0 Å². The monoisotopic (exact) mass is 292 g/mol. The zero-order valence-corrected chi connectivity index (χ0v) is 13.3. The Morgan fingerprint density at radius 3 is 2.09 bits per heavy atom. The number of rotatable bonds is 7. The summed E-state index contributed by atoms with van der Waals surface area (Å²) in [6, 6.07) is 20.4. The van der Waals surface area contributed by atoms with E-state index in [-0.39, 0.29) is 0 Å². The van der Waals surface area contributed by atoms with E-state index in [2.05, 4.69) is 43.1 Å². The summed E-state index contributed by atoms with van der Waals surface area (Å²) in [7, 11) is 0. The fraction of sp³-hybridized carbons (Fsp3) is 0.250. The predicted molar refractivity (Wildman–Crippen MR) is 96.0 cm³/mol. The Balaban J connectivity index is 2.12. The van der Waals surface area contributed by atoms with Gasteiger partial charge in [0.2, 0.25) is 0 Å². The van der Waals surface area contributed by atoms with Crippen molar-refractivity contribution in [1.82, 2.24) is 5.32 Å². The summed E-state index contributed by atoms with van der Waals surface area (Å²) in [6.07, 6.45) is 3.54. The number of nitrogens with zero attached hydrogens (tertiary/aromatic N) is 1. The highest BCUT2D eigenvalue weighted by atomic mass is 15.0. The number of hydrogen-bond acceptors (Lipinski definition) is 1. The molecule has 2 rings (SSSR count). The van der Waals surface area contributed by atoms with E-state index in [0.29, 0.717) is 0 Å². The molecule has 0 heterocycles. The van der Waals surface area contributed by atoms with Crippen molar-refractivity contribution in [2.75, 3.05) is 6.54 Å². The van der Waals surface area contributed by atoms with Crippen LogP contribution in [0.2, 0.25) is 0 Å². The summed E-state index contributed by atoms with van der Waals surface area (Å²) >= 11 is 0. The molecule has 1 N–H and O–H groups in total. The summed E-state index contributed by atoms with van der Waals surface area (Å²) in [6.45, 7) is 7.19. The van der Waals surface area contributed by atoms with E-state index in [4.69, 9.17) is 4.99 Å². The minimum Gasteiger partial charge on any atom is -0.340 e. The highest BCUT2D eigenvalue weighted by molar-refractivity contribution is 6.03. The molecule has 2 aromatic rings. The molecule has 2 aromatic carbocycles. The summed E-state index contributed by atoms with van der Waals surface area (Å²) < 4.78 is 0. The lowest BCUT2D eigenvalue weighted by Gasteiger charge is -2.13. The van der Waals surface area contributed by atoms with E-state index in [1.807, 2.05) is 36.4 Å². The number of amidine groups is 1. The van der Waals surface area contributed by atoms with Crippen LogP contribution in [-0.2, 0) is 0 Å². The summed E-state index contributed by atoms with van der Waals surface area (Å²) in [5.74, 6) is 0.894. The lowest BCUT2D eigenvalue weighted by molar-refractivity contribution is 0.727. The van der Waals surface area contributed by atoms with Crippen molar-refractivity contribution in [3.8, 4) is 0 Å². The van der Waals surface area contributed by atoms with Gasteiger partial charge in [-0.1, -0.05) is 87.0 Å². The molecule has 0 bridgehead atoms. The molecule has 0 unspecified atom stereocenters. The molecule has 0 saturated heterocycles. The van der Waals surface area contributed by atoms with Crippen molar-refractivity contribution in [2.45, 2.75) is 26.2 Å². The van der Waals surface area contributed by atoms with E-state index < -0.39 is 0 Å². The Bertz CT molecular complexity index is 600. The van der Waals surface area contributed by atoms with Gasteiger partial charge in [-0.2, -0.15) is 0 Å². The Morgan fingerprint density at radius 2 is 1.50 bits per heavy atom. The molecular formula is C20H24N2. The van der Waals surface area contributed by atoms with E-state index in [1.54, 1.807) is 0 Å². The lowest BCUT2D eigenvalue weighted by Crippen LogP contribution is -2.23. The van der Waals surface area contributed by atoms with Crippen molar-refractivity contribution in [3.63, 3.8) is 0 Å². The van der Waals surface area contributed by atoms with Crippen molar-refractivity contribution >= 4 is 11.5 Å². The topological polar surface area (TPSA) is 24.4 Å². The molecule has 0 aliphatic carbocycles. The molecule has 0 saturated carbocycles. The van der Waals surface area contributed by atoms with Gasteiger partial charge in [0.15, 0.2) is 0 Å². The second kappa shape index (κ2) is 8.83. The molecule has 2 heteroatoms. The number of aliphatic imine (C=N–C) groups is 1. The maximum absolute atomic E-state index is 4.74. The fourth-order valence-electron chi connectivity index (χ4n) is 2.21. The van der Waals surface area contributed by atoms with Crippen molar-refractivity contribution in [3.05, 3.63) is 78.4 Å². The molecule has 0 aliphatic heterocycles. The van der Waals surface area contributed by atoms with E-state index >= 15 is 0 Å². The Labute approximate surface area is 133 Å². The van der Waals surface area contributed by atoms with E-state index in [0.717, 1.165) is 35.6 Å². The second-order valence-corrected chi connectivity index (χ2v) is 5.27. The van der Waals surface area contributed by atoms with E-state index in [9.17, 15) is 0 Å². The predicted octanol–water partition coefficient (Wildman–Crippen LogP) is 4.88. The van der Waals surface area contributed by atoms with Crippen LogP contribution in [-0.4, -0.2) is 12.4 Å². The molecule has 22 heavy (non-hydrogen) atoms. The summed E-state index contributed by atoms with van der Waals surface area (Å²) in [5.41, 5.74) is 3.05. The van der Waals surface area contributed by atoms with Crippen LogP contribution in [0.25, 0.3) is 5.70 Å². The van der Waals surface area contributed by atoms with Gasteiger partial charge in [0.1, 0.15) is 5.84 Å². The third-order valence-corrected chi connectivity index (χ3v) is 3.47. The molecule has 0 aliphatic rings. The van der Waals surface area contributed by atoms with Crippen LogP contribution in [0.15, 0.2) is 72.2 Å². The van der Waals surface area contributed by atoms with Gasteiger partial charge in [-0.15, -0.1) is 0 Å². The third kappa shape index (κ3) is 4.88. The zero-order chi connectivity index (χ0) is 15.6. The Hall–Kier alpha value is -2.35. The first-order valence-corrected chi connectivity index (χ1v) is 7.92. The Kier molecular flexibility index (Phi) is 6.43. The average molecular weight is 292 g/mol. The van der Waals surface area contributed by atoms with Crippen molar-refractivity contribution < 1.29 is 0 Å². The van der Waals surface area contributed by atoms with Crippen LogP contribution in [0.4, 0.5) is 0 Å². The van der Waals surface area contributed by atoms with E-state index in [1.165, 1.54) is 12.8 Å². The van der Waals surface area contributed by atoms with Gasteiger partial charge in [-0.05, 0) is 12.0 Å². The van der Waals surface area contributed by atoms with Gasteiger partial charge < -0.3 is 5.32 Å². The first-order chi connectivity index (χ1) is 10.8. The molecule has 0 aromatic heterocycles. The average Bonchev–Trinajstić information content (AvgIpc) is 2.59. The number of unbranched alkanes of at least 4 members (excludes halogenated alkanes) is 2. The SMILES string of the molecule is C=C(NC(=NCCCCC)c1ccccc1)c1ccccc1. The minimum absolute atomic E-state index is 0.840. The van der Waals surface area contributed by atoms with Gasteiger partial charge in [0, 0.05) is 17.8 Å². The van der Waals surface area contributed by atoms with Gasteiger partial charge in [0.25, 0.3) is 0 Å². The first-order valence-electron chi connectivity index (χ1n) is 7.92. The molecule has 114 valence electrons.